The summed E-state index contributed by atoms with van der Waals surface area (Å²) in [5.74, 6) is 0.959. The Morgan fingerprint density at radius 1 is 1.16 bits per heavy atom. The molecule has 4 aromatic heterocycles. The zero-order chi connectivity index (χ0) is 25.8. The maximum absolute atomic E-state index is 12.2. The number of rotatable bonds is 9. The number of aryl methyl sites for hydroxylation is 1. The van der Waals surface area contributed by atoms with Gasteiger partial charge in [-0.05, 0) is 29.1 Å². The van der Waals surface area contributed by atoms with Crippen molar-refractivity contribution in [3.63, 3.8) is 0 Å². The lowest BCUT2D eigenvalue weighted by Crippen LogP contribution is -2.26. The molecule has 11 heteroatoms. The van der Waals surface area contributed by atoms with E-state index in [-0.39, 0.29) is 6.61 Å². The van der Waals surface area contributed by atoms with Crippen molar-refractivity contribution < 1.29 is 9.53 Å². The number of hydrogen-bond donors (Lipinski definition) is 2. The summed E-state index contributed by atoms with van der Waals surface area (Å²) in [6, 6.07) is 11.6. The highest BCUT2D eigenvalue weighted by Gasteiger charge is 2.16. The van der Waals surface area contributed by atoms with Gasteiger partial charge in [-0.3, -0.25) is 9.08 Å². The Morgan fingerprint density at radius 2 is 2.00 bits per heavy atom. The monoisotopic (exact) mass is 516 g/mol. The first-order valence-corrected chi connectivity index (χ1v) is 12.8. The van der Waals surface area contributed by atoms with Crippen molar-refractivity contribution in [3.8, 4) is 11.3 Å². The summed E-state index contributed by atoms with van der Waals surface area (Å²) in [5.41, 5.74) is 5.29. The number of alkyl carbamates (subject to hydrolysis) is 1. The summed E-state index contributed by atoms with van der Waals surface area (Å²) >= 11 is 1.39. The number of aromatic nitrogens is 6. The SMILES string of the molecule is CC(C)c1cc(Nc2nc(CCNC(=O)OCc3ccccc3)cn3c(-c4cnn(C)c4)cnc23)sn1. The molecule has 0 saturated carbocycles. The smallest absolute Gasteiger partial charge is 0.407 e. The highest BCUT2D eigenvalue weighted by Crippen LogP contribution is 2.29. The van der Waals surface area contributed by atoms with E-state index in [4.69, 9.17) is 9.72 Å². The number of ether oxygens (including phenoxy) is 1. The lowest BCUT2D eigenvalue weighted by atomic mass is 10.1. The Labute approximate surface area is 218 Å². The van der Waals surface area contributed by atoms with Gasteiger partial charge in [0.1, 0.15) is 11.6 Å². The van der Waals surface area contributed by atoms with Gasteiger partial charge < -0.3 is 15.4 Å². The van der Waals surface area contributed by atoms with Crippen LogP contribution in [0.3, 0.4) is 0 Å². The van der Waals surface area contributed by atoms with E-state index in [1.807, 2.05) is 66.4 Å². The Hall–Kier alpha value is -4.25. The molecule has 4 heterocycles. The van der Waals surface area contributed by atoms with Crippen LogP contribution in [-0.4, -0.2) is 41.2 Å². The molecule has 0 saturated heterocycles. The molecule has 10 nitrogen and oxygen atoms in total. The number of imidazole rings is 1. The molecule has 0 aliphatic heterocycles. The Balaban J connectivity index is 1.35. The maximum Gasteiger partial charge on any atom is 0.407 e. The zero-order valence-electron chi connectivity index (χ0n) is 20.9. The molecule has 1 aromatic carbocycles. The summed E-state index contributed by atoms with van der Waals surface area (Å²) in [6.45, 7) is 4.83. The molecule has 0 aliphatic carbocycles. The largest absolute Gasteiger partial charge is 0.445 e. The predicted molar refractivity (Wildman–Crippen MR) is 143 cm³/mol. The fourth-order valence-electron chi connectivity index (χ4n) is 3.81. The van der Waals surface area contributed by atoms with E-state index in [1.54, 1.807) is 10.9 Å². The molecule has 0 aliphatic rings. The number of carbonyl (C=O) groups excluding carboxylic acids is 1. The molecular weight excluding hydrogens is 488 g/mol. The number of fused-ring (bicyclic) bond motifs is 1. The molecule has 0 unspecified atom stereocenters. The number of nitrogens with one attached hydrogen (secondary N) is 2. The summed E-state index contributed by atoms with van der Waals surface area (Å²) in [7, 11) is 1.88. The minimum atomic E-state index is -0.465. The quantitative estimate of drug-likeness (QED) is 0.286. The van der Waals surface area contributed by atoms with E-state index >= 15 is 0 Å². The van der Waals surface area contributed by atoms with Crippen molar-refractivity contribution >= 4 is 34.1 Å². The molecule has 5 aromatic rings. The molecule has 0 spiro atoms. The standard InChI is InChI=1S/C26H28N8O2S/c1-17(2)21-11-23(37-32-21)31-24-25-28-13-22(19-12-29-33(3)14-19)34(25)15-20(30-24)9-10-27-26(35)36-16-18-7-5-4-6-8-18/h4-8,11-15,17H,9-10,16H2,1-3H3,(H,27,35)(H,30,31). The van der Waals surface area contributed by atoms with Crippen LogP contribution in [0.25, 0.3) is 16.9 Å². The molecular formula is C26H28N8O2S. The van der Waals surface area contributed by atoms with E-state index in [9.17, 15) is 4.79 Å². The van der Waals surface area contributed by atoms with Gasteiger partial charge in [0.05, 0.1) is 29.5 Å². The normalized spacial score (nSPS) is 11.2. The van der Waals surface area contributed by atoms with Gasteiger partial charge in [0.2, 0.25) is 0 Å². The highest BCUT2D eigenvalue weighted by atomic mass is 32.1. The number of benzene rings is 1. The predicted octanol–water partition coefficient (Wildman–Crippen LogP) is 4.92. The second-order valence-corrected chi connectivity index (χ2v) is 9.76. The van der Waals surface area contributed by atoms with Crippen LogP contribution in [0.5, 0.6) is 0 Å². The van der Waals surface area contributed by atoms with E-state index in [0.717, 1.165) is 33.2 Å². The van der Waals surface area contributed by atoms with Gasteiger partial charge >= 0.3 is 6.09 Å². The van der Waals surface area contributed by atoms with Crippen molar-refractivity contribution in [1.82, 2.24) is 33.8 Å². The molecule has 5 rings (SSSR count). The van der Waals surface area contributed by atoms with Crippen LogP contribution in [0.2, 0.25) is 0 Å². The van der Waals surface area contributed by atoms with E-state index in [1.165, 1.54) is 11.5 Å². The van der Waals surface area contributed by atoms with Crippen molar-refractivity contribution in [2.45, 2.75) is 32.8 Å². The topological polar surface area (TPSA) is 111 Å². The van der Waals surface area contributed by atoms with Crippen LogP contribution < -0.4 is 10.6 Å². The summed E-state index contributed by atoms with van der Waals surface area (Å²) in [6.07, 6.45) is 7.55. The van der Waals surface area contributed by atoms with Gasteiger partial charge in [0.15, 0.2) is 11.5 Å². The fourth-order valence-corrected chi connectivity index (χ4v) is 4.60. The number of carbonyl (C=O) groups is 1. The van der Waals surface area contributed by atoms with Crippen LogP contribution in [0.1, 0.15) is 36.7 Å². The van der Waals surface area contributed by atoms with E-state index in [2.05, 4.69) is 38.9 Å². The molecule has 37 heavy (non-hydrogen) atoms. The Morgan fingerprint density at radius 3 is 2.73 bits per heavy atom. The average molecular weight is 517 g/mol. The van der Waals surface area contributed by atoms with Gasteiger partial charge in [0.25, 0.3) is 0 Å². The Bertz CT molecular complexity index is 1510. The third-order valence-electron chi connectivity index (χ3n) is 5.77. The van der Waals surface area contributed by atoms with Crippen molar-refractivity contribution in [1.29, 1.82) is 0 Å². The number of anilines is 2. The van der Waals surface area contributed by atoms with Crippen LogP contribution in [0, 0.1) is 0 Å². The number of hydrogen-bond acceptors (Lipinski definition) is 8. The number of nitrogens with zero attached hydrogens (tertiary/aromatic N) is 6. The second kappa shape index (κ2) is 10.8. The van der Waals surface area contributed by atoms with Crippen LogP contribution in [-0.2, 0) is 24.8 Å². The summed E-state index contributed by atoms with van der Waals surface area (Å²) < 4.78 is 13.6. The van der Waals surface area contributed by atoms with Crippen LogP contribution >= 0.6 is 11.5 Å². The third kappa shape index (κ3) is 5.78. The summed E-state index contributed by atoms with van der Waals surface area (Å²) in [4.78, 5) is 21.7. The second-order valence-electron chi connectivity index (χ2n) is 8.95. The van der Waals surface area contributed by atoms with E-state index < -0.39 is 6.09 Å². The van der Waals surface area contributed by atoms with E-state index in [0.29, 0.717) is 30.3 Å². The molecule has 0 bridgehead atoms. The first-order chi connectivity index (χ1) is 18.0. The minimum absolute atomic E-state index is 0.224. The van der Waals surface area contributed by atoms with Crippen LogP contribution in [0.4, 0.5) is 15.6 Å². The lowest BCUT2D eigenvalue weighted by molar-refractivity contribution is 0.140. The highest BCUT2D eigenvalue weighted by molar-refractivity contribution is 7.10. The Kier molecular flexibility index (Phi) is 7.13. The van der Waals surface area contributed by atoms with Gasteiger partial charge in [-0.15, -0.1) is 0 Å². The first kappa shape index (κ1) is 24.4. The number of amides is 1. The molecule has 0 fully saturated rings. The van der Waals surface area contributed by atoms with Crippen molar-refractivity contribution in [2.24, 2.45) is 7.05 Å². The fraction of sp³-hybridized carbons (Fsp3) is 0.269. The molecule has 2 N–H and O–H groups in total. The maximum atomic E-state index is 12.2. The van der Waals surface area contributed by atoms with Crippen molar-refractivity contribution in [2.75, 3.05) is 11.9 Å². The average Bonchev–Trinajstić information content (AvgIpc) is 3.63. The van der Waals surface area contributed by atoms with Gasteiger partial charge in [-0.1, -0.05) is 44.2 Å². The van der Waals surface area contributed by atoms with Gasteiger partial charge in [-0.2, -0.15) is 9.47 Å². The van der Waals surface area contributed by atoms with Crippen LogP contribution in [0.15, 0.2) is 61.2 Å². The first-order valence-electron chi connectivity index (χ1n) is 12.0. The lowest BCUT2D eigenvalue weighted by Gasteiger charge is -2.11. The summed E-state index contributed by atoms with van der Waals surface area (Å²) in [5, 5.41) is 11.4. The molecule has 0 atom stereocenters. The molecule has 0 radical (unpaired) electrons. The molecule has 1 amide bonds. The third-order valence-corrected chi connectivity index (χ3v) is 6.49. The molecule has 190 valence electrons. The zero-order valence-corrected chi connectivity index (χ0v) is 21.7. The minimum Gasteiger partial charge on any atom is -0.445 e. The van der Waals surface area contributed by atoms with Gasteiger partial charge in [-0.25, -0.2) is 14.8 Å². The van der Waals surface area contributed by atoms with Gasteiger partial charge in [0, 0.05) is 38.0 Å². The van der Waals surface area contributed by atoms with Crippen molar-refractivity contribution in [3.05, 3.63) is 78.1 Å².